The molecule has 0 aromatic heterocycles. The van der Waals surface area contributed by atoms with E-state index in [-0.39, 0.29) is 16.6 Å². The number of hydrogen-bond donors (Lipinski definition) is 3. The summed E-state index contributed by atoms with van der Waals surface area (Å²) in [6.45, 7) is 1.37. The van der Waals surface area contributed by atoms with Crippen LogP contribution < -0.4 is 10.0 Å². The molecule has 3 N–H and O–H groups in total. The molecule has 7 heteroatoms. The minimum absolute atomic E-state index is 0.0124. The Morgan fingerprint density at radius 2 is 1.67 bits per heavy atom. The van der Waals surface area contributed by atoms with Crippen molar-refractivity contribution in [1.82, 2.24) is 0 Å². The van der Waals surface area contributed by atoms with Gasteiger partial charge >= 0.3 is 0 Å². The van der Waals surface area contributed by atoms with Gasteiger partial charge in [0.2, 0.25) is 5.91 Å². The zero-order valence-corrected chi connectivity index (χ0v) is 12.0. The number of amides is 1. The smallest absolute Gasteiger partial charge is 0.261 e. The standard InChI is InChI=1S/C14H14N2O4S/c1-10(17)15-11-3-2-4-12(9-11)16-21(19,20)14-7-5-13(18)6-8-14/h2-9,16,18H,1H3,(H,15,17). The van der Waals surface area contributed by atoms with Gasteiger partial charge in [0.05, 0.1) is 10.6 Å². The Labute approximate surface area is 122 Å². The molecular weight excluding hydrogens is 292 g/mol. The summed E-state index contributed by atoms with van der Waals surface area (Å²) in [7, 11) is -3.75. The van der Waals surface area contributed by atoms with E-state index in [0.29, 0.717) is 11.4 Å². The van der Waals surface area contributed by atoms with E-state index >= 15 is 0 Å². The van der Waals surface area contributed by atoms with E-state index in [2.05, 4.69) is 10.0 Å². The molecule has 0 bridgehead atoms. The molecule has 6 nitrogen and oxygen atoms in total. The molecule has 0 saturated heterocycles. The summed E-state index contributed by atoms with van der Waals surface area (Å²) < 4.78 is 26.7. The molecule has 0 unspecified atom stereocenters. The first kappa shape index (κ1) is 14.9. The maximum absolute atomic E-state index is 12.2. The van der Waals surface area contributed by atoms with E-state index in [1.807, 2.05) is 0 Å². The summed E-state index contributed by atoms with van der Waals surface area (Å²) in [6.07, 6.45) is 0. The topological polar surface area (TPSA) is 95.5 Å². The average Bonchev–Trinajstić information content (AvgIpc) is 2.38. The van der Waals surface area contributed by atoms with Crippen molar-refractivity contribution in [2.45, 2.75) is 11.8 Å². The molecule has 110 valence electrons. The van der Waals surface area contributed by atoms with Crippen LogP contribution in [-0.4, -0.2) is 19.4 Å². The minimum atomic E-state index is -3.75. The van der Waals surface area contributed by atoms with Gasteiger partial charge in [0, 0.05) is 12.6 Å². The first-order chi connectivity index (χ1) is 9.87. The van der Waals surface area contributed by atoms with Crippen molar-refractivity contribution in [3.05, 3.63) is 48.5 Å². The van der Waals surface area contributed by atoms with Gasteiger partial charge in [-0.2, -0.15) is 0 Å². The zero-order chi connectivity index (χ0) is 15.5. The fourth-order valence-corrected chi connectivity index (χ4v) is 2.75. The fourth-order valence-electron chi connectivity index (χ4n) is 1.70. The lowest BCUT2D eigenvalue weighted by Gasteiger charge is -2.10. The van der Waals surface area contributed by atoms with Crippen molar-refractivity contribution in [1.29, 1.82) is 0 Å². The number of rotatable bonds is 4. The molecule has 0 fully saturated rings. The Morgan fingerprint density at radius 1 is 1.05 bits per heavy atom. The molecule has 2 aromatic carbocycles. The SMILES string of the molecule is CC(=O)Nc1cccc(NS(=O)(=O)c2ccc(O)cc2)c1. The van der Waals surface area contributed by atoms with Crippen LogP contribution in [0.1, 0.15) is 6.92 Å². The molecule has 0 heterocycles. The second kappa shape index (κ2) is 5.84. The van der Waals surface area contributed by atoms with Crippen LogP contribution in [-0.2, 0) is 14.8 Å². The number of benzene rings is 2. The van der Waals surface area contributed by atoms with Crippen molar-refractivity contribution >= 4 is 27.3 Å². The normalized spacial score (nSPS) is 10.9. The molecule has 0 spiro atoms. The maximum Gasteiger partial charge on any atom is 0.261 e. The molecule has 1 amide bonds. The number of carbonyl (C=O) groups is 1. The van der Waals surface area contributed by atoms with Crippen LogP contribution in [0, 0.1) is 0 Å². The number of carbonyl (C=O) groups excluding carboxylic acids is 1. The van der Waals surface area contributed by atoms with Gasteiger partial charge in [0.25, 0.3) is 10.0 Å². The van der Waals surface area contributed by atoms with Crippen molar-refractivity contribution < 1.29 is 18.3 Å². The van der Waals surface area contributed by atoms with Gasteiger partial charge in [0.1, 0.15) is 5.75 Å². The summed E-state index contributed by atoms with van der Waals surface area (Å²) in [6, 6.07) is 11.6. The third kappa shape index (κ3) is 3.96. The predicted octanol–water partition coefficient (Wildman–Crippen LogP) is 2.15. The molecular formula is C14H14N2O4S. The third-order valence-electron chi connectivity index (χ3n) is 2.58. The lowest BCUT2D eigenvalue weighted by molar-refractivity contribution is -0.114. The van der Waals surface area contributed by atoms with Crippen LogP contribution in [0.2, 0.25) is 0 Å². The lowest BCUT2D eigenvalue weighted by atomic mass is 10.3. The fraction of sp³-hybridized carbons (Fsp3) is 0.0714. The Balaban J connectivity index is 2.24. The summed E-state index contributed by atoms with van der Waals surface area (Å²) in [4.78, 5) is 11.0. The van der Waals surface area contributed by atoms with E-state index in [9.17, 15) is 18.3 Å². The van der Waals surface area contributed by atoms with Gasteiger partial charge in [-0.3, -0.25) is 9.52 Å². The van der Waals surface area contributed by atoms with Crippen molar-refractivity contribution in [3.63, 3.8) is 0 Å². The molecule has 0 aliphatic carbocycles. The Morgan fingerprint density at radius 3 is 2.29 bits per heavy atom. The van der Waals surface area contributed by atoms with E-state index in [1.54, 1.807) is 18.2 Å². The monoisotopic (exact) mass is 306 g/mol. The highest BCUT2D eigenvalue weighted by atomic mass is 32.2. The van der Waals surface area contributed by atoms with Gasteiger partial charge < -0.3 is 10.4 Å². The molecule has 0 aliphatic heterocycles. The van der Waals surface area contributed by atoms with Crippen LogP contribution in [0.25, 0.3) is 0 Å². The summed E-state index contributed by atoms with van der Waals surface area (Å²) >= 11 is 0. The number of phenols is 1. The Kier molecular flexibility index (Phi) is 4.13. The summed E-state index contributed by atoms with van der Waals surface area (Å²) in [5.74, 6) is -0.254. The molecule has 0 aliphatic rings. The Bertz CT molecular complexity index is 755. The van der Waals surface area contributed by atoms with Crippen LogP contribution in [0.15, 0.2) is 53.4 Å². The quantitative estimate of drug-likeness (QED) is 0.806. The van der Waals surface area contributed by atoms with Crippen molar-refractivity contribution in [2.75, 3.05) is 10.0 Å². The van der Waals surface area contributed by atoms with E-state index in [1.165, 1.54) is 37.3 Å². The minimum Gasteiger partial charge on any atom is -0.508 e. The van der Waals surface area contributed by atoms with Gasteiger partial charge in [-0.15, -0.1) is 0 Å². The number of anilines is 2. The molecule has 2 aromatic rings. The first-order valence-electron chi connectivity index (χ1n) is 6.06. The number of aromatic hydroxyl groups is 1. The number of sulfonamides is 1. The third-order valence-corrected chi connectivity index (χ3v) is 3.98. The predicted molar refractivity (Wildman–Crippen MR) is 79.7 cm³/mol. The van der Waals surface area contributed by atoms with Crippen LogP contribution in [0.5, 0.6) is 5.75 Å². The lowest BCUT2D eigenvalue weighted by Crippen LogP contribution is -2.13. The van der Waals surface area contributed by atoms with E-state index < -0.39 is 10.0 Å². The molecule has 0 saturated carbocycles. The second-order valence-corrected chi connectivity index (χ2v) is 6.04. The molecule has 0 radical (unpaired) electrons. The maximum atomic E-state index is 12.2. The highest BCUT2D eigenvalue weighted by Gasteiger charge is 2.14. The van der Waals surface area contributed by atoms with Crippen LogP contribution in [0.4, 0.5) is 11.4 Å². The number of phenolic OH excluding ortho intramolecular Hbond substituents is 1. The molecule has 0 atom stereocenters. The number of hydrogen-bond acceptors (Lipinski definition) is 4. The highest BCUT2D eigenvalue weighted by molar-refractivity contribution is 7.92. The second-order valence-electron chi connectivity index (χ2n) is 4.36. The van der Waals surface area contributed by atoms with Crippen molar-refractivity contribution in [3.8, 4) is 5.75 Å². The summed E-state index contributed by atoms with van der Waals surface area (Å²) in [5.41, 5.74) is 0.822. The van der Waals surface area contributed by atoms with E-state index in [4.69, 9.17) is 0 Å². The highest BCUT2D eigenvalue weighted by Crippen LogP contribution is 2.20. The van der Waals surface area contributed by atoms with Gasteiger partial charge in [-0.25, -0.2) is 8.42 Å². The Hall–Kier alpha value is -2.54. The van der Waals surface area contributed by atoms with Gasteiger partial charge in [-0.05, 0) is 42.5 Å². The average molecular weight is 306 g/mol. The zero-order valence-electron chi connectivity index (χ0n) is 11.2. The molecule has 2 rings (SSSR count). The van der Waals surface area contributed by atoms with Crippen LogP contribution in [0.3, 0.4) is 0 Å². The number of nitrogens with one attached hydrogen (secondary N) is 2. The molecule has 21 heavy (non-hydrogen) atoms. The van der Waals surface area contributed by atoms with Crippen LogP contribution >= 0.6 is 0 Å². The summed E-state index contributed by atoms with van der Waals surface area (Å²) in [5, 5.41) is 11.7. The largest absolute Gasteiger partial charge is 0.508 e. The van der Waals surface area contributed by atoms with Gasteiger partial charge in [-0.1, -0.05) is 6.07 Å². The van der Waals surface area contributed by atoms with E-state index in [0.717, 1.165) is 0 Å². The van der Waals surface area contributed by atoms with Gasteiger partial charge in [0.15, 0.2) is 0 Å². The first-order valence-corrected chi connectivity index (χ1v) is 7.55. The van der Waals surface area contributed by atoms with Crippen molar-refractivity contribution in [2.24, 2.45) is 0 Å².